The summed E-state index contributed by atoms with van der Waals surface area (Å²) in [4.78, 5) is 11.3. The molecule has 0 unspecified atom stereocenters. The molecule has 0 radical (unpaired) electrons. The third kappa shape index (κ3) is 8.16. The molecule has 0 saturated heterocycles. The quantitative estimate of drug-likeness (QED) is 0.674. The molecule has 1 rings (SSSR count). The van der Waals surface area contributed by atoms with E-state index in [0.717, 1.165) is 6.07 Å². The molecule has 4 N–H and O–H groups in total. The Morgan fingerprint density at radius 2 is 1.91 bits per heavy atom. The summed E-state index contributed by atoms with van der Waals surface area (Å²) in [6.07, 6.45) is -6.39. The summed E-state index contributed by atoms with van der Waals surface area (Å²) in [6, 6.07) is 5.21. The highest BCUT2D eigenvalue weighted by Gasteiger charge is 2.27. The Balaban J connectivity index is 0.00000484. The van der Waals surface area contributed by atoms with Crippen molar-refractivity contribution < 1.29 is 26.4 Å². The molecule has 6 nitrogen and oxygen atoms in total. The third-order valence-corrected chi connectivity index (χ3v) is 3.96. The van der Waals surface area contributed by atoms with E-state index in [0.29, 0.717) is 0 Å². The molecule has 0 fully saturated rings. The minimum absolute atomic E-state index is 0. The van der Waals surface area contributed by atoms with E-state index in [2.05, 4.69) is 10.0 Å². The molecular formula is C12H17ClF3N3O3S. The monoisotopic (exact) mass is 375 g/mol. The molecule has 0 aliphatic carbocycles. The molecule has 0 aliphatic heterocycles. The van der Waals surface area contributed by atoms with Crippen LogP contribution in [0, 0.1) is 0 Å². The molecule has 11 heteroatoms. The smallest absolute Gasteiger partial charge is 0.329 e. The fourth-order valence-electron chi connectivity index (χ4n) is 1.50. The van der Waals surface area contributed by atoms with E-state index >= 15 is 0 Å². The van der Waals surface area contributed by atoms with E-state index in [9.17, 15) is 26.4 Å². The second-order valence-corrected chi connectivity index (χ2v) is 6.14. The Bertz CT molecular complexity index is 623. The topological polar surface area (TPSA) is 101 Å². The number of sulfonamides is 1. The molecule has 0 saturated carbocycles. The van der Waals surface area contributed by atoms with Crippen LogP contribution in [0.5, 0.6) is 0 Å². The number of benzene rings is 1. The van der Waals surface area contributed by atoms with Gasteiger partial charge in [-0.15, -0.1) is 12.4 Å². The minimum Gasteiger partial charge on any atom is -0.329 e. The zero-order chi connectivity index (χ0) is 16.8. The number of anilines is 1. The SMILES string of the molecule is Cl.NCCNS(=O)(=O)c1cccc(NC(=O)CCC(F)(F)F)c1. The molecule has 1 aromatic rings. The Morgan fingerprint density at radius 3 is 2.48 bits per heavy atom. The lowest BCUT2D eigenvalue weighted by atomic mass is 10.2. The molecule has 1 aromatic carbocycles. The predicted molar refractivity (Wildman–Crippen MR) is 81.9 cm³/mol. The normalized spacial score (nSPS) is 11.7. The van der Waals surface area contributed by atoms with Crippen LogP contribution in [-0.2, 0) is 14.8 Å². The first-order chi connectivity index (χ1) is 10.1. The Hall–Kier alpha value is -1.36. The van der Waals surface area contributed by atoms with Crippen molar-refractivity contribution in [1.29, 1.82) is 0 Å². The van der Waals surface area contributed by atoms with Gasteiger partial charge in [-0.1, -0.05) is 6.07 Å². The molecule has 0 aromatic heterocycles. The Labute approximate surface area is 138 Å². The maximum atomic E-state index is 12.0. The average molecular weight is 376 g/mol. The first kappa shape index (κ1) is 21.6. The van der Waals surface area contributed by atoms with Gasteiger partial charge in [0, 0.05) is 25.2 Å². The van der Waals surface area contributed by atoms with Crippen molar-refractivity contribution in [1.82, 2.24) is 4.72 Å². The van der Waals surface area contributed by atoms with Crippen molar-refractivity contribution in [2.24, 2.45) is 5.73 Å². The van der Waals surface area contributed by atoms with Gasteiger partial charge in [-0.3, -0.25) is 4.79 Å². The number of amides is 1. The second kappa shape index (κ2) is 9.06. The standard InChI is InChI=1S/C12H16F3N3O3S.ClH/c13-12(14,15)5-4-11(19)18-9-2-1-3-10(8-9)22(20,21)17-7-6-16;/h1-3,8,17H,4-7,16H2,(H,18,19);1H. The van der Waals surface area contributed by atoms with Crippen molar-refractivity contribution >= 4 is 34.0 Å². The number of alkyl halides is 3. The summed E-state index contributed by atoms with van der Waals surface area (Å²) in [6.45, 7) is 0.164. The number of hydrogen-bond donors (Lipinski definition) is 3. The van der Waals surface area contributed by atoms with Gasteiger partial charge in [-0.25, -0.2) is 13.1 Å². The maximum Gasteiger partial charge on any atom is 0.389 e. The molecule has 1 amide bonds. The van der Waals surface area contributed by atoms with Crippen LogP contribution in [0.1, 0.15) is 12.8 Å². The predicted octanol–water partition coefficient (Wildman–Crippen LogP) is 1.63. The fourth-order valence-corrected chi connectivity index (χ4v) is 2.59. The van der Waals surface area contributed by atoms with Crippen molar-refractivity contribution in [3.8, 4) is 0 Å². The van der Waals surface area contributed by atoms with Crippen molar-refractivity contribution in [3.05, 3.63) is 24.3 Å². The van der Waals surface area contributed by atoms with E-state index in [1.807, 2.05) is 0 Å². The maximum absolute atomic E-state index is 12.0. The first-order valence-electron chi connectivity index (χ1n) is 6.30. The van der Waals surface area contributed by atoms with Crippen LogP contribution in [0.4, 0.5) is 18.9 Å². The largest absolute Gasteiger partial charge is 0.389 e. The zero-order valence-electron chi connectivity index (χ0n) is 11.9. The molecule has 0 aliphatic rings. The van der Waals surface area contributed by atoms with Crippen LogP contribution < -0.4 is 15.8 Å². The lowest BCUT2D eigenvalue weighted by molar-refractivity contribution is -0.142. The highest BCUT2D eigenvalue weighted by molar-refractivity contribution is 7.89. The zero-order valence-corrected chi connectivity index (χ0v) is 13.5. The van der Waals surface area contributed by atoms with E-state index in [4.69, 9.17) is 5.73 Å². The van der Waals surface area contributed by atoms with Crippen molar-refractivity contribution in [2.75, 3.05) is 18.4 Å². The number of halogens is 4. The van der Waals surface area contributed by atoms with E-state index < -0.39 is 34.9 Å². The van der Waals surface area contributed by atoms with Gasteiger partial charge in [0.25, 0.3) is 0 Å². The molecule has 0 heterocycles. The number of rotatable bonds is 7. The van der Waals surface area contributed by atoms with Gasteiger partial charge in [-0.2, -0.15) is 13.2 Å². The highest BCUT2D eigenvalue weighted by Crippen LogP contribution is 2.22. The molecule has 0 atom stereocenters. The van der Waals surface area contributed by atoms with Crippen LogP contribution >= 0.6 is 12.4 Å². The number of hydrogen-bond acceptors (Lipinski definition) is 4. The van der Waals surface area contributed by atoms with E-state index in [-0.39, 0.29) is 36.1 Å². The summed E-state index contributed by atoms with van der Waals surface area (Å²) in [5.74, 6) is -0.846. The van der Waals surface area contributed by atoms with Gasteiger partial charge >= 0.3 is 6.18 Å². The van der Waals surface area contributed by atoms with Gasteiger partial charge in [-0.05, 0) is 18.2 Å². The van der Waals surface area contributed by atoms with Crippen LogP contribution in [0.3, 0.4) is 0 Å². The van der Waals surface area contributed by atoms with Crippen molar-refractivity contribution in [2.45, 2.75) is 23.9 Å². The number of carbonyl (C=O) groups is 1. The lowest BCUT2D eigenvalue weighted by Crippen LogP contribution is -2.29. The second-order valence-electron chi connectivity index (χ2n) is 4.38. The van der Waals surface area contributed by atoms with Gasteiger partial charge in [0.15, 0.2) is 0 Å². The molecule has 0 spiro atoms. The number of nitrogens with one attached hydrogen (secondary N) is 2. The van der Waals surface area contributed by atoms with Crippen molar-refractivity contribution in [3.63, 3.8) is 0 Å². The van der Waals surface area contributed by atoms with Gasteiger partial charge < -0.3 is 11.1 Å². The average Bonchev–Trinajstić information content (AvgIpc) is 2.43. The van der Waals surface area contributed by atoms with Gasteiger partial charge in [0.05, 0.1) is 11.3 Å². The molecule has 23 heavy (non-hydrogen) atoms. The van der Waals surface area contributed by atoms with E-state index in [1.165, 1.54) is 18.2 Å². The van der Waals surface area contributed by atoms with E-state index in [1.54, 1.807) is 0 Å². The summed E-state index contributed by atoms with van der Waals surface area (Å²) in [5.41, 5.74) is 5.30. The van der Waals surface area contributed by atoms with Crippen LogP contribution in [0.25, 0.3) is 0 Å². The minimum atomic E-state index is -4.42. The molecular weight excluding hydrogens is 359 g/mol. The summed E-state index contributed by atoms with van der Waals surface area (Å²) in [5, 5.41) is 2.23. The summed E-state index contributed by atoms with van der Waals surface area (Å²) < 4.78 is 62.0. The Morgan fingerprint density at radius 1 is 1.26 bits per heavy atom. The number of carbonyl (C=O) groups excluding carboxylic acids is 1. The lowest BCUT2D eigenvalue weighted by Gasteiger charge is -2.10. The summed E-state index contributed by atoms with van der Waals surface area (Å²) in [7, 11) is -3.78. The number of nitrogens with two attached hydrogens (primary N) is 1. The molecule has 132 valence electrons. The van der Waals surface area contributed by atoms with Gasteiger partial charge in [0.1, 0.15) is 0 Å². The first-order valence-corrected chi connectivity index (χ1v) is 7.79. The fraction of sp³-hybridized carbons (Fsp3) is 0.417. The van der Waals surface area contributed by atoms with Crippen LogP contribution in [-0.4, -0.2) is 33.6 Å². The highest BCUT2D eigenvalue weighted by atomic mass is 35.5. The summed E-state index contributed by atoms with van der Waals surface area (Å²) >= 11 is 0. The van der Waals surface area contributed by atoms with Crippen LogP contribution in [0.2, 0.25) is 0 Å². The Kier molecular flexibility index (Phi) is 8.53. The van der Waals surface area contributed by atoms with Crippen LogP contribution in [0.15, 0.2) is 29.2 Å². The molecule has 0 bridgehead atoms. The van der Waals surface area contributed by atoms with Gasteiger partial charge in [0.2, 0.25) is 15.9 Å². The third-order valence-electron chi connectivity index (χ3n) is 2.50.